The van der Waals surface area contributed by atoms with Crippen LogP contribution in [0.3, 0.4) is 0 Å². The predicted molar refractivity (Wildman–Crippen MR) is 128 cm³/mol. The van der Waals surface area contributed by atoms with Crippen molar-refractivity contribution in [1.29, 1.82) is 0 Å². The van der Waals surface area contributed by atoms with Gasteiger partial charge in [0, 0.05) is 44.4 Å². The summed E-state index contributed by atoms with van der Waals surface area (Å²) in [4.78, 5) is 17.0. The molecule has 1 N–H and O–H groups in total. The Morgan fingerprint density at radius 1 is 1.06 bits per heavy atom. The van der Waals surface area contributed by atoms with Gasteiger partial charge in [0.05, 0.1) is 6.21 Å². The number of benzene rings is 2. The number of nitrogens with zero attached hydrogens (tertiary/aromatic N) is 3. The Labute approximate surface area is 189 Å². The van der Waals surface area contributed by atoms with E-state index in [4.69, 9.17) is 4.42 Å². The number of hydrogen-bond acceptors (Lipinski definition) is 5. The molecular weight excluding hydrogens is 400 g/mol. The standard InChI is InChI=1S/C26H30N4O2/c1-3-30(4-2)25-14-13-24(32-25)17-27-28-26(31)22-11-9-20(10-12-22)18-29-16-15-21-7-5-6-8-23(21)19-29/h5-14,17H,3-4,15-16,18-19H2,1-2H3,(H,28,31)/b27-17-. The highest BCUT2D eigenvalue weighted by Gasteiger charge is 2.16. The molecule has 0 saturated carbocycles. The van der Waals surface area contributed by atoms with E-state index in [0.29, 0.717) is 11.3 Å². The van der Waals surface area contributed by atoms with Crippen LogP contribution in [0.5, 0.6) is 0 Å². The second-order valence-electron chi connectivity index (χ2n) is 7.97. The second-order valence-corrected chi connectivity index (χ2v) is 7.97. The molecular formula is C26H30N4O2. The number of fused-ring (bicyclic) bond motifs is 1. The number of carbonyl (C=O) groups excluding carboxylic acids is 1. The van der Waals surface area contributed by atoms with Gasteiger partial charge in [0.2, 0.25) is 0 Å². The highest BCUT2D eigenvalue weighted by atomic mass is 16.4. The molecule has 1 amide bonds. The van der Waals surface area contributed by atoms with Gasteiger partial charge in [-0.25, -0.2) is 5.43 Å². The summed E-state index contributed by atoms with van der Waals surface area (Å²) in [5.41, 5.74) is 7.22. The number of hydrogen-bond donors (Lipinski definition) is 1. The normalized spacial score (nSPS) is 13.8. The number of anilines is 1. The van der Waals surface area contributed by atoms with Crippen LogP contribution in [0, 0.1) is 0 Å². The first-order chi connectivity index (χ1) is 15.7. The van der Waals surface area contributed by atoms with Gasteiger partial charge >= 0.3 is 0 Å². The zero-order valence-corrected chi connectivity index (χ0v) is 18.8. The van der Waals surface area contributed by atoms with Crippen molar-refractivity contribution >= 4 is 18.0 Å². The zero-order valence-electron chi connectivity index (χ0n) is 18.8. The minimum absolute atomic E-state index is 0.241. The van der Waals surface area contributed by atoms with Crippen molar-refractivity contribution in [3.05, 3.63) is 88.7 Å². The van der Waals surface area contributed by atoms with Crippen molar-refractivity contribution in [2.24, 2.45) is 5.10 Å². The Kier molecular flexibility index (Phi) is 7.02. The van der Waals surface area contributed by atoms with Crippen LogP contribution < -0.4 is 10.3 Å². The molecule has 2 heterocycles. The van der Waals surface area contributed by atoms with Crippen molar-refractivity contribution in [2.45, 2.75) is 33.4 Å². The van der Waals surface area contributed by atoms with Gasteiger partial charge in [-0.1, -0.05) is 36.4 Å². The Morgan fingerprint density at radius 2 is 1.81 bits per heavy atom. The molecule has 2 aromatic carbocycles. The third-order valence-electron chi connectivity index (χ3n) is 5.88. The van der Waals surface area contributed by atoms with E-state index in [1.165, 1.54) is 22.9 Å². The van der Waals surface area contributed by atoms with E-state index >= 15 is 0 Å². The van der Waals surface area contributed by atoms with Crippen LogP contribution in [0.15, 0.2) is 70.2 Å². The Hall–Kier alpha value is -3.38. The van der Waals surface area contributed by atoms with Crippen molar-refractivity contribution < 1.29 is 9.21 Å². The molecule has 6 heteroatoms. The maximum absolute atomic E-state index is 12.4. The van der Waals surface area contributed by atoms with Gasteiger partial charge in [0.1, 0.15) is 5.76 Å². The molecule has 0 atom stereocenters. The smallest absolute Gasteiger partial charge is 0.271 e. The lowest BCUT2D eigenvalue weighted by atomic mass is 9.99. The number of nitrogens with one attached hydrogen (secondary N) is 1. The number of furan rings is 1. The van der Waals surface area contributed by atoms with Gasteiger partial charge in [-0.05, 0) is 55.2 Å². The monoisotopic (exact) mass is 430 g/mol. The van der Waals surface area contributed by atoms with E-state index in [1.54, 1.807) is 0 Å². The fourth-order valence-corrected chi connectivity index (χ4v) is 4.04. The minimum Gasteiger partial charge on any atom is -0.440 e. The highest BCUT2D eigenvalue weighted by Crippen LogP contribution is 2.20. The average Bonchev–Trinajstić information content (AvgIpc) is 3.29. The van der Waals surface area contributed by atoms with Crippen LogP contribution in [-0.2, 0) is 19.5 Å². The molecule has 0 aliphatic carbocycles. The van der Waals surface area contributed by atoms with E-state index in [-0.39, 0.29) is 5.91 Å². The minimum atomic E-state index is -0.241. The summed E-state index contributed by atoms with van der Waals surface area (Å²) >= 11 is 0. The Morgan fingerprint density at radius 3 is 2.56 bits per heavy atom. The lowest BCUT2D eigenvalue weighted by Gasteiger charge is -2.28. The summed E-state index contributed by atoms with van der Waals surface area (Å²) in [5, 5.41) is 4.03. The van der Waals surface area contributed by atoms with Crippen molar-refractivity contribution in [3.8, 4) is 0 Å². The van der Waals surface area contributed by atoms with Gasteiger partial charge in [-0.3, -0.25) is 9.69 Å². The molecule has 0 spiro atoms. The first-order valence-electron chi connectivity index (χ1n) is 11.2. The van der Waals surface area contributed by atoms with Crippen LogP contribution >= 0.6 is 0 Å². The summed E-state index contributed by atoms with van der Waals surface area (Å²) in [6.07, 6.45) is 2.61. The highest BCUT2D eigenvalue weighted by molar-refractivity contribution is 5.94. The molecule has 0 radical (unpaired) electrons. The molecule has 0 unspecified atom stereocenters. The third-order valence-corrected chi connectivity index (χ3v) is 5.88. The van der Waals surface area contributed by atoms with E-state index in [1.807, 2.05) is 36.4 Å². The molecule has 0 fully saturated rings. The first-order valence-corrected chi connectivity index (χ1v) is 11.2. The molecule has 0 saturated heterocycles. The largest absolute Gasteiger partial charge is 0.440 e. The van der Waals surface area contributed by atoms with Gasteiger partial charge in [0.15, 0.2) is 5.88 Å². The first kappa shape index (κ1) is 21.8. The van der Waals surface area contributed by atoms with Gasteiger partial charge in [-0.15, -0.1) is 0 Å². The van der Waals surface area contributed by atoms with Crippen molar-refractivity contribution in [1.82, 2.24) is 10.3 Å². The van der Waals surface area contributed by atoms with E-state index in [2.05, 4.69) is 58.4 Å². The molecule has 166 valence electrons. The molecule has 1 aliphatic heterocycles. The number of rotatable bonds is 8. The summed E-state index contributed by atoms with van der Waals surface area (Å²) in [7, 11) is 0. The van der Waals surface area contributed by atoms with Crippen molar-refractivity contribution in [2.75, 3.05) is 24.5 Å². The predicted octanol–water partition coefficient (Wildman–Crippen LogP) is 4.45. The SMILES string of the molecule is CCN(CC)c1ccc(/C=N\NC(=O)c2ccc(CN3CCc4ccccc4C3)cc2)o1. The molecule has 1 aromatic heterocycles. The maximum atomic E-state index is 12.4. The van der Waals surface area contributed by atoms with Crippen LogP contribution in [0.25, 0.3) is 0 Å². The summed E-state index contributed by atoms with van der Waals surface area (Å²) in [5.74, 6) is 1.16. The van der Waals surface area contributed by atoms with Gasteiger partial charge in [-0.2, -0.15) is 5.10 Å². The second kappa shape index (κ2) is 10.3. The van der Waals surface area contributed by atoms with E-state index in [0.717, 1.165) is 45.0 Å². The zero-order chi connectivity index (χ0) is 22.3. The fraction of sp³-hybridized carbons (Fsp3) is 0.308. The molecule has 32 heavy (non-hydrogen) atoms. The summed E-state index contributed by atoms with van der Waals surface area (Å²) < 4.78 is 5.75. The quantitative estimate of drug-likeness (QED) is 0.424. The van der Waals surface area contributed by atoms with Crippen molar-refractivity contribution in [3.63, 3.8) is 0 Å². The summed E-state index contributed by atoms with van der Waals surface area (Å²) in [6, 6.07) is 20.1. The number of carbonyl (C=O) groups is 1. The molecule has 6 nitrogen and oxygen atoms in total. The van der Waals surface area contributed by atoms with Crippen LogP contribution in [0.4, 0.5) is 5.88 Å². The summed E-state index contributed by atoms with van der Waals surface area (Å²) in [6.45, 7) is 8.80. The van der Waals surface area contributed by atoms with Crippen LogP contribution in [0.2, 0.25) is 0 Å². The van der Waals surface area contributed by atoms with Gasteiger partial charge < -0.3 is 9.32 Å². The lowest BCUT2D eigenvalue weighted by molar-refractivity contribution is 0.0955. The molecule has 3 aromatic rings. The maximum Gasteiger partial charge on any atom is 0.271 e. The molecule has 0 bridgehead atoms. The number of hydrazone groups is 1. The molecule has 1 aliphatic rings. The Balaban J connectivity index is 1.29. The van der Waals surface area contributed by atoms with E-state index in [9.17, 15) is 4.79 Å². The third kappa shape index (κ3) is 5.26. The van der Waals surface area contributed by atoms with E-state index < -0.39 is 0 Å². The number of amides is 1. The van der Waals surface area contributed by atoms with Crippen LogP contribution in [0.1, 0.15) is 46.7 Å². The topological polar surface area (TPSA) is 61.1 Å². The molecule has 4 rings (SSSR count). The Bertz CT molecular complexity index is 1070. The fourth-order valence-electron chi connectivity index (χ4n) is 4.04. The van der Waals surface area contributed by atoms with Crippen LogP contribution in [-0.4, -0.2) is 36.7 Å². The average molecular weight is 431 g/mol. The lowest BCUT2D eigenvalue weighted by Crippen LogP contribution is -2.30. The van der Waals surface area contributed by atoms with Gasteiger partial charge in [0.25, 0.3) is 5.91 Å².